The Hall–Kier alpha value is -4.82. The zero-order chi connectivity index (χ0) is 32.3. The first kappa shape index (κ1) is 33.1. The molecule has 13 nitrogen and oxygen atoms in total. The predicted molar refractivity (Wildman–Crippen MR) is 171 cm³/mol. The van der Waals surface area contributed by atoms with Gasteiger partial charge >= 0.3 is 5.97 Å². The number of para-hydroxylation sites is 1. The van der Waals surface area contributed by atoms with Gasteiger partial charge in [-0.2, -0.15) is 11.8 Å². The van der Waals surface area contributed by atoms with Crippen molar-refractivity contribution in [3.8, 4) is 5.75 Å². The third kappa shape index (κ3) is 9.33. The number of aliphatic carboxylic acids is 1. The molecule has 0 aliphatic rings. The Kier molecular flexibility index (Phi) is 11.6. The number of phenolic OH excluding ortho intramolecular Hbond substituents is 1. The number of rotatable bonds is 16. The first-order valence-electron chi connectivity index (χ1n) is 14.3. The molecule has 0 aliphatic carbocycles. The molecule has 4 aromatic rings. The fourth-order valence-electron chi connectivity index (χ4n) is 4.85. The fourth-order valence-corrected chi connectivity index (χ4v) is 5.32. The number of nitrogens with one attached hydrogen (secondary N) is 5. The monoisotopic (exact) mass is 635 g/mol. The van der Waals surface area contributed by atoms with Gasteiger partial charge in [-0.1, -0.05) is 30.3 Å². The van der Waals surface area contributed by atoms with E-state index in [9.17, 15) is 29.4 Å². The van der Waals surface area contributed by atoms with Crippen LogP contribution in [0.1, 0.15) is 23.2 Å². The Balaban J connectivity index is 1.46. The summed E-state index contributed by atoms with van der Waals surface area (Å²) in [4.78, 5) is 62.3. The summed E-state index contributed by atoms with van der Waals surface area (Å²) in [5, 5.41) is 28.3. The van der Waals surface area contributed by atoms with E-state index >= 15 is 0 Å². The summed E-state index contributed by atoms with van der Waals surface area (Å²) in [6.07, 6.45) is 6.99. The molecule has 2 aromatic carbocycles. The van der Waals surface area contributed by atoms with Crippen LogP contribution in [0, 0.1) is 0 Å². The number of carboxylic acids is 1. The minimum atomic E-state index is -1.25. The molecule has 0 radical (unpaired) electrons. The highest BCUT2D eigenvalue weighted by molar-refractivity contribution is 7.98. The molecular formula is C31H37N7O6S. The highest BCUT2D eigenvalue weighted by Crippen LogP contribution is 2.19. The van der Waals surface area contributed by atoms with Crippen molar-refractivity contribution >= 4 is 46.4 Å². The molecule has 4 rings (SSSR count). The second-order valence-corrected chi connectivity index (χ2v) is 11.6. The predicted octanol–water partition coefficient (Wildman–Crippen LogP) is 1.24. The van der Waals surface area contributed by atoms with Crippen LogP contribution >= 0.6 is 11.8 Å². The van der Waals surface area contributed by atoms with E-state index < -0.39 is 47.9 Å². The molecule has 4 unspecified atom stereocenters. The Morgan fingerprint density at radius 2 is 1.58 bits per heavy atom. The smallest absolute Gasteiger partial charge is 0.326 e. The van der Waals surface area contributed by atoms with Crippen molar-refractivity contribution in [3.05, 3.63) is 84.1 Å². The summed E-state index contributed by atoms with van der Waals surface area (Å²) in [6.45, 7) is 0. The number of benzene rings is 2. The van der Waals surface area contributed by atoms with Gasteiger partial charge in [0.05, 0.1) is 12.4 Å². The van der Waals surface area contributed by atoms with Gasteiger partial charge < -0.3 is 41.9 Å². The SMILES string of the molecule is CSCCC(NC(=O)C(Cc1cnc[nH]1)NC(=O)C(N)Cc1ccc(O)cc1)C(=O)NC(Cc1c[nH]c2ccccc12)C(=O)O. The summed E-state index contributed by atoms with van der Waals surface area (Å²) in [6, 6.07) is 9.30. The number of nitrogens with two attached hydrogens (primary N) is 1. The number of aromatic nitrogens is 3. The highest BCUT2D eigenvalue weighted by Gasteiger charge is 2.31. The van der Waals surface area contributed by atoms with E-state index in [1.54, 1.807) is 18.3 Å². The maximum absolute atomic E-state index is 13.6. The summed E-state index contributed by atoms with van der Waals surface area (Å²) in [5.41, 5.74) is 9.01. The lowest BCUT2D eigenvalue weighted by atomic mass is 10.0. The molecule has 0 spiro atoms. The van der Waals surface area contributed by atoms with Crippen LogP contribution in [0.15, 0.2) is 67.3 Å². The van der Waals surface area contributed by atoms with Crippen LogP contribution in [0.3, 0.4) is 0 Å². The number of amides is 3. The summed E-state index contributed by atoms with van der Waals surface area (Å²) >= 11 is 1.47. The van der Waals surface area contributed by atoms with E-state index in [2.05, 4.69) is 30.9 Å². The van der Waals surface area contributed by atoms with Gasteiger partial charge in [0.2, 0.25) is 17.7 Å². The van der Waals surface area contributed by atoms with Crippen molar-refractivity contribution in [2.45, 2.75) is 49.9 Å². The standard InChI is InChI=1S/C31H37N7O6S/c1-45-11-10-25(29(41)38-27(31(43)44)13-19-15-34-24-5-3-2-4-22(19)24)36-30(42)26(14-20-16-33-17-35-20)37-28(40)23(32)12-18-6-8-21(39)9-7-18/h2-9,15-17,23,25-27,34,39H,10-14,32H2,1H3,(H,33,35)(H,36,42)(H,37,40)(H,38,41)(H,43,44). The van der Waals surface area contributed by atoms with E-state index in [-0.39, 0.29) is 31.4 Å². The number of hydrogen-bond acceptors (Lipinski definition) is 8. The third-order valence-corrected chi connectivity index (χ3v) is 7.94. The van der Waals surface area contributed by atoms with Crippen molar-refractivity contribution < 1.29 is 29.4 Å². The van der Waals surface area contributed by atoms with E-state index in [1.165, 1.54) is 36.4 Å². The first-order chi connectivity index (χ1) is 21.6. The van der Waals surface area contributed by atoms with Crippen LogP contribution in [0.5, 0.6) is 5.75 Å². The van der Waals surface area contributed by atoms with Crippen LogP contribution in [-0.4, -0.2) is 85.0 Å². The van der Waals surface area contributed by atoms with Gasteiger partial charge in [0.15, 0.2) is 0 Å². The van der Waals surface area contributed by atoms with Crippen LogP contribution in [-0.2, 0) is 38.4 Å². The fraction of sp³-hybridized carbons (Fsp3) is 0.323. The molecule has 9 N–H and O–H groups in total. The second kappa shape index (κ2) is 15.8. The van der Waals surface area contributed by atoms with Crippen molar-refractivity contribution in [1.82, 2.24) is 30.9 Å². The maximum Gasteiger partial charge on any atom is 0.326 e. The second-order valence-electron chi connectivity index (χ2n) is 10.6. The normalized spacial score (nSPS) is 13.8. The van der Waals surface area contributed by atoms with Gasteiger partial charge in [-0.15, -0.1) is 0 Å². The number of H-pyrrole nitrogens is 2. The van der Waals surface area contributed by atoms with Gasteiger partial charge in [-0.25, -0.2) is 9.78 Å². The molecule has 2 aromatic heterocycles. The molecule has 3 amide bonds. The number of imidazole rings is 1. The lowest BCUT2D eigenvalue weighted by Crippen LogP contribution is -2.58. The number of carbonyl (C=O) groups is 4. The molecule has 0 saturated heterocycles. The third-order valence-electron chi connectivity index (χ3n) is 7.30. The molecule has 2 heterocycles. The molecule has 14 heteroatoms. The number of aromatic amines is 2. The van der Waals surface area contributed by atoms with Gasteiger partial charge in [-0.05, 0) is 54.2 Å². The summed E-state index contributed by atoms with van der Waals surface area (Å²) in [5.74, 6) is -2.50. The summed E-state index contributed by atoms with van der Waals surface area (Å²) in [7, 11) is 0. The van der Waals surface area contributed by atoms with E-state index in [1.807, 2.05) is 30.5 Å². The van der Waals surface area contributed by atoms with E-state index in [0.29, 0.717) is 11.4 Å². The average Bonchev–Trinajstić information content (AvgIpc) is 3.69. The van der Waals surface area contributed by atoms with Crippen molar-refractivity contribution in [2.75, 3.05) is 12.0 Å². The minimum absolute atomic E-state index is 0.0334. The lowest BCUT2D eigenvalue weighted by Gasteiger charge is -2.25. The van der Waals surface area contributed by atoms with Gasteiger partial charge in [0, 0.05) is 41.8 Å². The molecule has 0 aliphatic heterocycles. The number of hydrogen-bond donors (Lipinski definition) is 8. The van der Waals surface area contributed by atoms with E-state index in [0.717, 1.165) is 22.0 Å². The molecule has 0 fully saturated rings. The quantitative estimate of drug-likeness (QED) is 0.0888. The molecular weight excluding hydrogens is 598 g/mol. The molecule has 0 bridgehead atoms. The number of nitrogens with zero attached hydrogens (tertiary/aromatic N) is 1. The van der Waals surface area contributed by atoms with E-state index in [4.69, 9.17) is 5.73 Å². The number of carbonyl (C=O) groups excluding carboxylic acids is 3. The van der Waals surface area contributed by atoms with Crippen LogP contribution in [0.4, 0.5) is 0 Å². The van der Waals surface area contributed by atoms with Crippen molar-refractivity contribution in [3.63, 3.8) is 0 Å². The van der Waals surface area contributed by atoms with Gasteiger partial charge in [0.1, 0.15) is 23.9 Å². The number of thioether (sulfide) groups is 1. The molecule has 45 heavy (non-hydrogen) atoms. The number of phenols is 1. The van der Waals surface area contributed by atoms with Crippen molar-refractivity contribution in [2.24, 2.45) is 5.73 Å². The Morgan fingerprint density at radius 1 is 0.889 bits per heavy atom. The zero-order valence-electron chi connectivity index (χ0n) is 24.7. The largest absolute Gasteiger partial charge is 0.508 e. The highest BCUT2D eigenvalue weighted by atomic mass is 32.2. The molecule has 238 valence electrons. The van der Waals surface area contributed by atoms with Crippen LogP contribution in [0.25, 0.3) is 10.9 Å². The Morgan fingerprint density at radius 3 is 2.27 bits per heavy atom. The maximum atomic E-state index is 13.6. The van der Waals surface area contributed by atoms with Crippen LogP contribution < -0.4 is 21.7 Å². The Bertz CT molecular complexity index is 1590. The Labute approximate surface area is 263 Å². The lowest BCUT2D eigenvalue weighted by molar-refractivity contribution is -0.142. The average molecular weight is 636 g/mol. The zero-order valence-corrected chi connectivity index (χ0v) is 25.5. The first-order valence-corrected chi connectivity index (χ1v) is 15.7. The number of carboxylic acid groups (broad SMARTS) is 1. The summed E-state index contributed by atoms with van der Waals surface area (Å²) < 4.78 is 0. The molecule has 4 atom stereocenters. The van der Waals surface area contributed by atoms with Crippen molar-refractivity contribution in [1.29, 1.82) is 0 Å². The van der Waals surface area contributed by atoms with Crippen LogP contribution in [0.2, 0.25) is 0 Å². The van der Waals surface area contributed by atoms with Gasteiger partial charge in [-0.3, -0.25) is 14.4 Å². The number of aromatic hydroxyl groups is 1. The molecule has 0 saturated carbocycles. The number of fused-ring (bicyclic) bond motifs is 1. The minimum Gasteiger partial charge on any atom is -0.508 e. The van der Waals surface area contributed by atoms with Gasteiger partial charge in [0.25, 0.3) is 0 Å². The topological polar surface area (TPSA) is 215 Å².